The summed E-state index contributed by atoms with van der Waals surface area (Å²) in [5.74, 6) is -0.0217. The summed E-state index contributed by atoms with van der Waals surface area (Å²) in [5.41, 5.74) is 1.22. The van der Waals surface area contributed by atoms with Gasteiger partial charge in [0.15, 0.2) is 0 Å². The van der Waals surface area contributed by atoms with Crippen LogP contribution in [0.1, 0.15) is 18.5 Å². The van der Waals surface area contributed by atoms with Crippen molar-refractivity contribution >= 4 is 21.8 Å². The van der Waals surface area contributed by atoms with Crippen LogP contribution in [-0.4, -0.2) is 22.2 Å². The zero-order valence-corrected chi connectivity index (χ0v) is 12.3. The fourth-order valence-corrected chi connectivity index (χ4v) is 2.07. The minimum absolute atomic E-state index is 0.0217. The summed E-state index contributed by atoms with van der Waals surface area (Å²) < 4.78 is 2.51. The minimum atomic E-state index is -0.304. The molecule has 1 heterocycles. The third-order valence-electron chi connectivity index (χ3n) is 2.90. The lowest BCUT2D eigenvalue weighted by Crippen LogP contribution is -2.32. The van der Waals surface area contributed by atoms with Crippen LogP contribution in [0.4, 0.5) is 0 Å². The summed E-state index contributed by atoms with van der Waals surface area (Å²) in [7, 11) is 0. The summed E-state index contributed by atoms with van der Waals surface area (Å²) in [5, 5.41) is 7.04. The molecule has 0 aliphatic carbocycles. The van der Waals surface area contributed by atoms with Crippen molar-refractivity contribution in [2.75, 3.05) is 6.54 Å². The smallest absolute Gasteiger partial charge is 0.244 e. The van der Waals surface area contributed by atoms with Gasteiger partial charge in [-0.25, -0.2) is 0 Å². The van der Waals surface area contributed by atoms with Gasteiger partial charge < -0.3 is 5.32 Å². The van der Waals surface area contributed by atoms with Crippen molar-refractivity contribution in [3.8, 4) is 0 Å². The van der Waals surface area contributed by atoms with E-state index in [4.69, 9.17) is 0 Å². The standard InChI is InChI=1S/C14H16BrN3O/c1-11(18-10-13(15)9-17-18)14(19)16-8-7-12-5-3-2-4-6-12/h2-6,9-11H,7-8H2,1H3,(H,16,19). The molecule has 19 heavy (non-hydrogen) atoms. The SMILES string of the molecule is CC(C(=O)NCCc1ccccc1)n1cc(Br)cn1. The van der Waals surface area contributed by atoms with E-state index in [0.717, 1.165) is 10.9 Å². The fraction of sp³-hybridized carbons (Fsp3) is 0.286. The lowest BCUT2D eigenvalue weighted by Gasteiger charge is -2.12. The third-order valence-corrected chi connectivity index (χ3v) is 3.31. The van der Waals surface area contributed by atoms with Crippen LogP contribution in [-0.2, 0) is 11.2 Å². The molecule has 0 saturated heterocycles. The fourth-order valence-electron chi connectivity index (χ4n) is 1.77. The van der Waals surface area contributed by atoms with E-state index in [2.05, 4.69) is 38.5 Å². The number of carbonyl (C=O) groups is 1. The van der Waals surface area contributed by atoms with E-state index >= 15 is 0 Å². The number of aromatic nitrogens is 2. The quantitative estimate of drug-likeness (QED) is 0.920. The third kappa shape index (κ3) is 3.92. The Kier molecular flexibility index (Phi) is 4.74. The molecule has 1 unspecified atom stereocenters. The maximum absolute atomic E-state index is 12.0. The summed E-state index contributed by atoms with van der Waals surface area (Å²) in [6, 6.07) is 9.80. The second-order valence-corrected chi connectivity index (χ2v) is 5.26. The second kappa shape index (κ2) is 6.52. The molecular weight excluding hydrogens is 306 g/mol. The molecule has 2 aromatic rings. The van der Waals surface area contributed by atoms with Crippen LogP contribution in [0.15, 0.2) is 47.2 Å². The second-order valence-electron chi connectivity index (χ2n) is 4.34. The number of nitrogens with zero attached hydrogens (tertiary/aromatic N) is 2. The molecule has 1 atom stereocenters. The van der Waals surface area contributed by atoms with Crippen molar-refractivity contribution in [3.63, 3.8) is 0 Å². The number of nitrogens with one attached hydrogen (secondary N) is 1. The van der Waals surface area contributed by atoms with Crippen molar-refractivity contribution < 1.29 is 4.79 Å². The van der Waals surface area contributed by atoms with E-state index in [9.17, 15) is 4.79 Å². The summed E-state index contributed by atoms with van der Waals surface area (Å²) in [6.45, 7) is 2.47. The average molecular weight is 322 g/mol. The summed E-state index contributed by atoms with van der Waals surface area (Å²) in [4.78, 5) is 12.0. The Labute approximate surface area is 120 Å². The van der Waals surface area contributed by atoms with E-state index in [0.29, 0.717) is 6.54 Å². The predicted octanol–water partition coefficient (Wildman–Crippen LogP) is 2.57. The Morgan fingerprint density at radius 1 is 1.42 bits per heavy atom. The highest BCUT2D eigenvalue weighted by molar-refractivity contribution is 9.10. The monoisotopic (exact) mass is 321 g/mol. The van der Waals surface area contributed by atoms with Crippen molar-refractivity contribution in [2.45, 2.75) is 19.4 Å². The molecule has 1 amide bonds. The molecule has 0 fully saturated rings. The highest BCUT2D eigenvalue weighted by atomic mass is 79.9. The normalized spacial score (nSPS) is 12.1. The molecule has 0 bridgehead atoms. The van der Waals surface area contributed by atoms with Crippen LogP contribution in [0.2, 0.25) is 0 Å². The number of rotatable bonds is 5. The van der Waals surface area contributed by atoms with Gasteiger partial charge in [-0.05, 0) is 34.8 Å². The summed E-state index contributed by atoms with van der Waals surface area (Å²) >= 11 is 3.32. The highest BCUT2D eigenvalue weighted by Crippen LogP contribution is 2.11. The van der Waals surface area contributed by atoms with Gasteiger partial charge in [0, 0.05) is 12.7 Å². The van der Waals surface area contributed by atoms with Crippen LogP contribution < -0.4 is 5.32 Å². The van der Waals surface area contributed by atoms with Crippen molar-refractivity contribution in [1.29, 1.82) is 0 Å². The summed E-state index contributed by atoms with van der Waals surface area (Å²) in [6.07, 6.45) is 4.30. The van der Waals surface area contributed by atoms with Crippen molar-refractivity contribution in [2.24, 2.45) is 0 Å². The molecule has 0 saturated carbocycles. The van der Waals surface area contributed by atoms with E-state index in [-0.39, 0.29) is 11.9 Å². The zero-order chi connectivity index (χ0) is 13.7. The van der Waals surface area contributed by atoms with Gasteiger partial charge in [0.25, 0.3) is 0 Å². The maximum atomic E-state index is 12.0. The lowest BCUT2D eigenvalue weighted by molar-refractivity contribution is -0.124. The van der Waals surface area contributed by atoms with Crippen LogP contribution >= 0.6 is 15.9 Å². The van der Waals surface area contributed by atoms with Gasteiger partial charge in [0.2, 0.25) is 5.91 Å². The van der Waals surface area contributed by atoms with Gasteiger partial charge in [-0.15, -0.1) is 0 Å². The molecule has 0 aliphatic rings. The molecule has 5 heteroatoms. The van der Waals surface area contributed by atoms with Crippen LogP contribution in [0, 0.1) is 0 Å². The molecule has 0 spiro atoms. The van der Waals surface area contributed by atoms with E-state index in [1.54, 1.807) is 17.1 Å². The van der Waals surface area contributed by atoms with Gasteiger partial charge in [-0.1, -0.05) is 30.3 Å². The predicted molar refractivity (Wildman–Crippen MR) is 77.8 cm³/mol. The molecule has 0 aliphatic heterocycles. The largest absolute Gasteiger partial charge is 0.354 e. The molecule has 1 N–H and O–H groups in total. The van der Waals surface area contributed by atoms with Gasteiger partial charge in [-0.2, -0.15) is 5.10 Å². The first-order valence-electron chi connectivity index (χ1n) is 6.18. The zero-order valence-electron chi connectivity index (χ0n) is 10.7. The first-order valence-corrected chi connectivity index (χ1v) is 6.97. The average Bonchev–Trinajstić information content (AvgIpc) is 2.85. The molecule has 1 aromatic heterocycles. The molecule has 4 nitrogen and oxygen atoms in total. The molecule has 1 aromatic carbocycles. The number of hydrogen-bond donors (Lipinski definition) is 1. The first-order chi connectivity index (χ1) is 9.16. The topological polar surface area (TPSA) is 46.9 Å². The number of benzene rings is 1. The number of halogens is 1. The van der Waals surface area contributed by atoms with Crippen LogP contribution in [0.3, 0.4) is 0 Å². The van der Waals surface area contributed by atoms with Crippen LogP contribution in [0.5, 0.6) is 0 Å². The first kappa shape index (κ1) is 13.8. The Bertz CT molecular complexity index is 539. The lowest BCUT2D eigenvalue weighted by atomic mass is 10.1. The van der Waals surface area contributed by atoms with Crippen molar-refractivity contribution in [3.05, 3.63) is 52.8 Å². The number of carbonyl (C=O) groups excluding carboxylic acids is 1. The van der Waals surface area contributed by atoms with Gasteiger partial charge >= 0.3 is 0 Å². The Morgan fingerprint density at radius 2 is 2.16 bits per heavy atom. The molecule has 2 rings (SSSR count). The maximum Gasteiger partial charge on any atom is 0.244 e. The van der Waals surface area contributed by atoms with Crippen LogP contribution in [0.25, 0.3) is 0 Å². The van der Waals surface area contributed by atoms with Gasteiger partial charge in [0.1, 0.15) is 6.04 Å². The van der Waals surface area contributed by atoms with Gasteiger partial charge in [0.05, 0.1) is 10.7 Å². The number of amides is 1. The Balaban J connectivity index is 1.81. The highest BCUT2D eigenvalue weighted by Gasteiger charge is 2.14. The Morgan fingerprint density at radius 3 is 2.79 bits per heavy atom. The van der Waals surface area contributed by atoms with Gasteiger partial charge in [-0.3, -0.25) is 9.48 Å². The molecular formula is C14H16BrN3O. The van der Waals surface area contributed by atoms with Crippen molar-refractivity contribution in [1.82, 2.24) is 15.1 Å². The van der Waals surface area contributed by atoms with E-state index < -0.39 is 0 Å². The molecule has 100 valence electrons. The molecule has 0 radical (unpaired) electrons. The van der Waals surface area contributed by atoms with E-state index in [1.807, 2.05) is 25.1 Å². The van der Waals surface area contributed by atoms with E-state index in [1.165, 1.54) is 5.56 Å². The Hall–Kier alpha value is -1.62. The minimum Gasteiger partial charge on any atom is -0.354 e. The number of hydrogen-bond acceptors (Lipinski definition) is 2.